The Morgan fingerprint density at radius 3 is 2.85 bits per heavy atom. The summed E-state index contributed by atoms with van der Waals surface area (Å²) < 4.78 is 0. The number of urea groups is 1. The Morgan fingerprint density at radius 1 is 1.25 bits per heavy atom. The number of anilines is 1. The van der Waals surface area contributed by atoms with E-state index in [1.54, 1.807) is 0 Å². The number of pyridine rings is 1. The highest BCUT2D eigenvalue weighted by atomic mass is 16.2. The number of nitrogens with one attached hydrogen (secondary N) is 1. The first kappa shape index (κ1) is 12.7. The number of rotatable bonds is 1. The van der Waals surface area contributed by atoms with Gasteiger partial charge >= 0.3 is 6.03 Å². The zero-order valence-corrected chi connectivity index (χ0v) is 11.4. The van der Waals surface area contributed by atoms with Gasteiger partial charge in [-0.3, -0.25) is 4.98 Å². The molecule has 0 spiro atoms. The van der Waals surface area contributed by atoms with Gasteiger partial charge in [-0.15, -0.1) is 0 Å². The lowest BCUT2D eigenvalue weighted by atomic mass is 9.99. The summed E-state index contributed by atoms with van der Waals surface area (Å²) in [5.41, 5.74) is 3.06. The summed E-state index contributed by atoms with van der Waals surface area (Å²) >= 11 is 0. The Kier molecular flexibility index (Phi) is 3.37. The first-order valence-electron chi connectivity index (χ1n) is 6.82. The summed E-state index contributed by atoms with van der Waals surface area (Å²) in [6.07, 6.45) is 2.62. The molecule has 4 heteroatoms. The zero-order chi connectivity index (χ0) is 13.9. The van der Waals surface area contributed by atoms with Crippen LogP contribution in [0.1, 0.15) is 24.2 Å². The fourth-order valence-electron chi connectivity index (χ4n) is 2.62. The van der Waals surface area contributed by atoms with Gasteiger partial charge in [-0.25, -0.2) is 4.79 Å². The highest BCUT2D eigenvalue weighted by Crippen LogP contribution is 2.28. The van der Waals surface area contributed by atoms with E-state index in [1.165, 1.54) is 0 Å². The SMILES string of the molecule is CC1c2cccnc2CCN1C(=O)Nc1ccccc1. The summed E-state index contributed by atoms with van der Waals surface area (Å²) in [6, 6.07) is 13.5. The Hall–Kier alpha value is -2.36. The fourth-order valence-corrected chi connectivity index (χ4v) is 2.62. The van der Waals surface area contributed by atoms with Gasteiger partial charge in [-0.1, -0.05) is 24.3 Å². The molecule has 1 aliphatic heterocycles. The van der Waals surface area contributed by atoms with Crippen LogP contribution in [0.5, 0.6) is 0 Å². The number of amides is 2. The van der Waals surface area contributed by atoms with E-state index >= 15 is 0 Å². The van der Waals surface area contributed by atoms with Crippen LogP contribution < -0.4 is 5.32 Å². The van der Waals surface area contributed by atoms with Crippen LogP contribution in [0.3, 0.4) is 0 Å². The minimum absolute atomic E-state index is 0.0520. The molecule has 0 fully saturated rings. The fraction of sp³-hybridized carbons (Fsp3) is 0.250. The van der Waals surface area contributed by atoms with Crippen LogP contribution in [0.15, 0.2) is 48.7 Å². The largest absolute Gasteiger partial charge is 0.322 e. The summed E-state index contributed by atoms with van der Waals surface area (Å²) in [6.45, 7) is 2.74. The molecule has 1 aromatic heterocycles. The first-order valence-corrected chi connectivity index (χ1v) is 6.82. The number of hydrogen-bond acceptors (Lipinski definition) is 2. The van der Waals surface area contributed by atoms with Gasteiger partial charge in [-0.05, 0) is 30.7 Å². The topological polar surface area (TPSA) is 45.2 Å². The van der Waals surface area contributed by atoms with Gasteiger partial charge in [0.25, 0.3) is 0 Å². The summed E-state index contributed by atoms with van der Waals surface area (Å²) in [5.74, 6) is 0. The Labute approximate surface area is 118 Å². The summed E-state index contributed by atoms with van der Waals surface area (Å²) in [5, 5.41) is 2.94. The third kappa shape index (κ3) is 2.37. The maximum atomic E-state index is 12.4. The van der Waals surface area contributed by atoms with E-state index < -0.39 is 0 Å². The molecule has 2 heterocycles. The quantitative estimate of drug-likeness (QED) is 0.862. The number of hydrogen-bond donors (Lipinski definition) is 1. The molecule has 3 rings (SSSR count). The Morgan fingerprint density at radius 2 is 2.05 bits per heavy atom. The predicted octanol–water partition coefficient (Wildman–Crippen LogP) is 3.23. The standard InChI is InChI=1S/C16H17N3O/c1-12-14-8-5-10-17-15(14)9-11-19(12)16(20)18-13-6-3-2-4-7-13/h2-8,10,12H,9,11H2,1H3,(H,18,20). The molecule has 1 atom stereocenters. The van der Waals surface area contributed by atoms with E-state index in [0.717, 1.165) is 23.4 Å². The van der Waals surface area contributed by atoms with Gasteiger partial charge < -0.3 is 10.2 Å². The van der Waals surface area contributed by atoms with E-state index in [4.69, 9.17) is 0 Å². The second-order valence-electron chi connectivity index (χ2n) is 4.95. The average molecular weight is 267 g/mol. The summed E-state index contributed by atoms with van der Waals surface area (Å²) in [7, 11) is 0. The number of nitrogens with zero attached hydrogens (tertiary/aromatic N) is 2. The molecule has 0 saturated heterocycles. The highest BCUT2D eigenvalue weighted by Gasteiger charge is 2.27. The zero-order valence-electron chi connectivity index (χ0n) is 11.4. The van der Waals surface area contributed by atoms with Crippen molar-refractivity contribution in [2.45, 2.75) is 19.4 Å². The molecule has 1 aliphatic rings. The minimum atomic E-state index is -0.0572. The van der Waals surface area contributed by atoms with E-state index in [1.807, 2.05) is 54.4 Å². The van der Waals surface area contributed by atoms with Crippen LogP contribution in [0.4, 0.5) is 10.5 Å². The lowest BCUT2D eigenvalue weighted by Crippen LogP contribution is -2.41. The number of carbonyl (C=O) groups is 1. The predicted molar refractivity (Wildman–Crippen MR) is 78.5 cm³/mol. The van der Waals surface area contributed by atoms with Gasteiger partial charge in [0.05, 0.1) is 6.04 Å². The molecule has 0 aliphatic carbocycles. The molecule has 1 unspecified atom stereocenters. The van der Waals surface area contributed by atoms with Crippen molar-refractivity contribution in [1.82, 2.24) is 9.88 Å². The third-order valence-corrected chi connectivity index (χ3v) is 3.72. The molecule has 2 amide bonds. The summed E-state index contributed by atoms with van der Waals surface area (Å²) in [4.78, 5) is 18.6. The first-order chi connectivity index (χ1) is 9.75. The van der Waals surface area contributed by atoms with Gasteiger partial charge in [0.2, 0.25) is 0 Å². The number of benzene rings is 1. The maximum absolute atomic E-state index is 12.4. The molecular weight excluding hydrogens is 250 g/mol. The number of fused-ring (bicyclic) bond motifs is 1. The smallest absolute Gasteiger partial charge is 0.317 e. The Bertz CT molecular complexity index is 612. The number of carbonyl (C=O) groups excluding carboxylic acids is 1. The van der Waals surface area contributed by atoms with Gasteiger partial charge in [-0.2, -0.15) is 0 Å². The van der Waals surface area contributed by atoms with Gasteiger partial charge in [0.15, 0.2) is 0 Å². The maximum Gasteiger partial charge on any atom is 0.322 e. The van der Waals surface area contributed by atoms with Crippen LogP contribution in [-0.4, -0.2) is 22.5 Å². The monoisotopic (exact) mass is 267 g/mol. The molecule has 1 aromatic carbocycles. The van der Waals surface area contributed by atoms with Crippen LogP contribution in [0, 0.1) is 0 Å². The molecule has 20 heavy (non-hydrogen) atoms. The van der Waals surface area contributed by atoms with Crippen molar-refractivity contribution in [2.24, 2.45) is 0 Å². The second kappa shape index (κ2) is 5.33. The lowest BCUT2D eigenvalue weighted by molar-refractivity contribution is 0.188. The Balaban J connectivity index is 1.77. The van der Waals surface area contributed by atoms with Crippen LogP contribution in [-0.2, 0) is 6.42 Å². The van der Waals surface area contributed by atoms with Crippen molar-refractivity contribution in [1.29, 1.82) is 0 Å². The number of aromatic nitrogens is 1. The average Bonchev–Trinajstić information content (AvgIpc) is 2.49. The molecule has 2 aromatic rings. The van der Waals surface area contributed by atoms with E-state index in [0.29, 0.717) is 6.54 Å². The number of para-hydroxylation sites is 1. The van der Waals surface area contributed by atoms with Crippen molar-refractivity contribution in [2.75, 3.05) is 11.9 Å². The molecule has 0 saturated carbocycles. The highest BCUT2D eigenvalue weighted by molar-refractivity contribution is 5.89. The van der Waals surface area contributed by atoms with Gasteiger partial charge in [0, 0.05) is 30.5 Å². The van der Waals surface area contributed by atoms with Crippen molar-refractivity contribution in [3.63, 3.8) is 0 Å². The van der Waals surface area contributed by atoms with E-state index in [9.17, 15) is 4.79 Å². The van der Waals surface area contributed by atoms with Crippen LogP contribution in [0.2, 0.25) is 0 Å². The molecule has 1 N–H and O–H groups in total. The lowest BCUT2D eigenvalue weighted by Gasteiger charge is -2.34. The molecule has 102 valence electrons. The van der Waals surface area contributed by atoms with Crippen LogP contribution in [0.25, 0.3) is 0 Å². The van der Waals surface area contributed by atoms with Crippen molar-refractivity contribution in [3.05, 3.63) is 59.9 Å². The molecule has 0 bridgehead atoms. The third-order valence-electron chi connectivity index (χ3n) is 3.72. The second-order valence-corrected chi connectivity index (χ2v) is 4.95. The van der Waals surface area contributed by atoms with Crippen molar-refractivity contribution >= 4 is 11.7 Å². The van der Waals surface area contributed by atoms with Crippen LogP contribution >= 0.6 is 0 Å². The molecule has 0 radical (unpaired) electrons. The molecular formula is C16H17N3O. The van der Waals surface area contributed by atoms with E-state index in [-0.39, 0.29) is 12.1 Å². The van der Waals surface area contributed by atoms with Gasteiger partial charge in [0.1, 0.15) is 0 Å². The minimum Gasteiger partial charge on any atom is -0.317 e. The normalized spacial score (nSPS) is 17.4. The van der Waals surface area contributed by atoms with Crippen molar-refractivity contribution < 1.29 is 4.79 Å². The van der Waals surface area contributed by atoms with E-state index in [2.05, 4.69) is 16.4 Å². The van der Waals surface area contributed by atoms with Crippen molar-refractivity contribution in [3.8, 4) is 0 Å². The molecule has 4 nitrogen and oxygen atoms in total.